The molecule has 1 fully saturated rings. The van der Waals surface area contributed by atoms with E-state index in [1.54, 1.807) is 6.08 Å². The van der Waals surface area contributed by atoms with Crippen LogP contribution in [0.5, 0.6) is 0 Å². The van der Waals surface area contributed by atoms with E-state index < -0.39 is 26.7 Å². The van der Waals surface area contributed by atoms with Crippen LogP contribution in [0.25, 0.3) is 17.0 Å². The van der Waals surface area contributed by atoms with Crippen LogP contribution in [0.1, 0.15) is 50.2 Å². The summed E-state index contributed by atoms with van der Waals surface area (Å²) in [4.78, 5) is -1.09. The number of allylic oxidation sites excluding steroid dienone is 3. The Hall–Kier alpha value is -2.57. The molecule has 1 aromatic heterocycles. The highest BCUT2D eigenvalue weighted by Crippen LogP contribution is 2.49. The lowest BCUT2D eigenvalue weighted by molar-refractivity contribution is -0.139. The van der Waals surface area contributed by atoms with Gasteiger partial charge in [0.05, 0.1) is 11.1 Å². The van der Waals surface area contributed by atoms with Crippen molar-refractivity contribution in [2.45, 2.75) is 55.6 Å². The Kier molecular flexibility index (Phi) is 5.30. The molecule has 0 spiro atoms. The van der Waals surface area contributed by atoms with Crippen LogP contribution in [-0.4, -0.2) is 34.6 Å². The fourth-order valence-corrected chi connectivity index (χ4v) is 5.69. The number of sulfonamides is 1. The summed E-state index contributed by atoms with van der Waals surface area (Å²) in [5.41, 5.74) is 4.98. The highest BCUT2D eigenvalue weighted by molar-refractivity contribution is 7.89. The molecule has 8 nitrogen and oxygen atoms in total. The van der Waals surface area contributed by atoms with Gasteiger partial charge in [-0.2, -0.15) is 18.4 Å². The number of nitrogens with one attached hydrogen (secondary N) is 1. The summed E-state index contributed by atoms with van der Waals surface area (Å²) in [7, 11) is -4.79. The van der Waals surface area contributed by atoms with Crippen molar-refractivity contribution in [2.24, 2.45) is 16.3 Å². The number of nitrogens with zero attached hydrogens (tertiary/aromatic N) is 3. The summed E-state index contributed by atoms with van der Waals surface area (Å²) in [6.07, 6.45) is 5.05. The minimum absolute atomic E-state index is 0.208. The summed E-state index contributed by atoms with van der Waals surface area (Å²) < 4.78 is 65.6. The number of nitrogens with two attached hydrogens (primary N) is 2. The maximum atomic E-state index is 13.7. The van der Waals surface area contributed by atoms with Crippen LogP contribution >= 0.6 is 0 Å². The normalized spacial score (nSPS) is 23.4. The highest BCUT2D eigenvalue weighted by Gasteiger charge is 2.46. The van der Waals surface area contributed by atoms with Gasteiger partial charge >= 0.3 is 6.18 Å². The largest absolute Gasteiger partial charge is 0.417 e. The van der Waals surface area contributed by atoms with Crippen LogP contribution in [0.2, 0.25) is 0 Å². The average Bonchev–Trinajstić information content (AvgIpc) is 3.39. The molecule has 2 aliphatic carbocycles. The lowest BCUT2D eigenvalue weighted by Crippen LogP contribution is -2.51. The number of aromatic amines is 1. The summed E-state index contributed by atoms with van der Waals surface area (Å²) in [6.45, 7) is 2.06. The number of tetrazole rings is 1. The molecule has 0 saturated heterocycles. The van der Waals surface area contributed by atoms with Crippen LogP contribution in [0.15, 0.2) is 35.3 Å². The molecule has 1 saturated carbocycles. The number of primary sulfonamides is 1. The lowest BCUT2D eigenvalue weighted by atomic mass is 9.65. The highest BCUT2D eigenvalue weighted by atomic mass is 32.2. The summed E-state index contributed by atoms with van der Waals surface area (Å²) in [5, 5.41) is 18.2. The van der Waals surface area contributed by atoms with E-state index in [1.165, 1.54) is 6.07 Å². The quantitative estimate of drug-likeness (QED) is 0.630. The summed E-state index contributed by atoms with van der Waals surface area (Å²) in [5.74, 6) is -0.302. The first kappa shape index (κ1) is 22.6. The summed E-state index contributed by atoms with van der Waals surface area (Å²) in [6, 6.07) is 1.92. The predicted octanol–water partition coefficient (Wildman–Crippen LogP) is 3.15. The number of halogens is 3. The standard InChI is InChI=1S/C20H23F3N6O2S/c1-18(19(24)8-2-3-9-19)10-6-12(7-11-18)13-4-5-14(20(21,22)23)16(32(25,30)31)15(13)17-26-28-29-27-17/h4-7,10H,2-3,8-9,11,24H2,1H3,(H2,25,30,31)(H,26,27,28,29). The maximum Gasteiger partial charge on any atom is 0.417 e. The Morgan fingerprint density at radius 3 is 2.38 bits per heavy atom. The van der Waals surface area contributed by atoms with E-state index >= 15 is 0 Å². The molecular formula is C20H23F3N6O2S. The molecule has 5 N–H and O–H groups in total. The molecule has 172 valence electrons. The Morgan fingerprint density at radius 1 is 1.19 bits per heavy atom. The van der Waals surface area contributed by atoms with Gasteiger partial charge in [-0.05, 0) is 41.7 Å². The molecular weight excluding hydrogens is 445 g/mol. The molecule has 0 aliphatic heterocycles. The second kappa shape index (κ2) is 7.49. The van der Waals surface area contributed by atoms with Crippen molar-refractivity contribution in [2.75, 3.05) is 0 Å². The first-order valence-electron chi connectivity index (χ1n) is 10.1. The minimum Gasteiger partial charge on any atom is -0.324 e. The Balaban J connectivity index is 1.89. The third-order valence-electron chi connectivity index (χ3n) is 6.64. The van der Waals surface area contributed by atoms with E-state index in [4.69, 9.17) is 10.9 Å². The van der Waals surface area contributed by atoms with Gasteiger partial charge in [-0.1, -0.05) is 44.1 Å². The second-order valence-electron chi connectivity index (χ2n) is 8.62. The van der Waals surface area contributed by atoms with E-state index in [0.717, 1.165) is 25.7 Å². The van der Waals surface area contributed by atoms with Crippen LogP contribution in [-0.2, 0) is 16.2 Å². The average molecular weight is 469 g/mol. The van der Waals surface area contributed by atoms with Gasteiger partial charge in [-0.3, -0.25) is 0 Å². The number of benzene rings is 1. The van der Waals surface area contributed by atoms with Gasteiger partial charge < -0.3 is 5.73 Å². The molecule has 0 bridgehead atoms. The predicted molar refractivity (Wildman–Crippen MR) is 111 cm³/mol. The number of hydrogen-bond donors (Lipinski definition) is 3. The first-order valence-corrected chi connectivity index (χ1v) is 11.6. The molecule has 2 aromatic rings. The SMILES string of the molecule is CC1(C2(N)CCCC2)C=CC(c2ccc(C(F)(F)F)c(S(N)(=O)=O)c2-c2nn[nH]n2)=CC1. The van der Waals surface area contributed by atoms with Crippen molar-refractivity contribution < 1.29 is 21.6 Å². The molecule has 12 heteroatoms. The zero-order chi connectivity index (χ0) is 23.4. The van der Waals surface area contributed by atoms with Crippen molar-refractivity contribution in [1.82, 2.24) is 20.6 Å². The van der Waals surface area contributed by atoms with Gasteiger partial charge in [0.2, 0.25) is 15.8 Å². The van der Waals surface area contributed by atoms with Gasteiger partial charge in [-0.25, -0.2) is 13.6 Å². The number of rotatable bonds is 4. The molecule has 1 aromatic carbocycles. The molecule has 1 heterocycles. The van der Waals surface area contributed by atoms with E-state index in [0.29, 0.717) is 18.1 Å². The minimum atomic E-state index is -4.96. The molecule has 4 rings (SSSR count). The summed E-state index contributed by atoms with van der Waals surface area (Å²) >= 11 is 0. The zero-order valence-electron chi connectivity index (χ0n) is 17.3. The smallest absolute Gasteiger partial charge is 0.324 e. The zero-order valence-corrected chi connectivity index (χ0v) is 18.1. The molecule has 0 radical (unpaired) electrons. The van der Waals surface area contributed by atoms with Crippen molar-refractivity contribution in [3.05, 3.63) is 41.5 Å². The van der Waals surface area contributed by atoms with Gasteiger partial charge in [0.1, 0.15) is 4.90 Å². The van der Waals surface area contributed by atoms with Crippen LogP contribution < -0.4 is 10.9 Å². The molecule has 0 amide bonds. The van der Waals surface area contributed by atoms with Crippen LogP contribution in [0.3, 0.4) is 0 Å². The fourth-order valence-electron chi connectivity index (χ4n) is 4.71. The first-order chi connectivity index (χ1) is 14.9. The van der Waals surface area contributed by atoms with E-state index in [9.17, 15) is 21.6 Å². The Bertz CT molecular complexity index is 1200. The van der Waals surface area contributed by atoms with Crippen LogP contribution in [0, 0.1) is 5.41 Å². The van der Waals surface area contributed by atoms with Crippen molar-refractivity contribution in [3.63, 3.8) is 0 Å². The lowest BCUT2D eigenvalue weighted by Gasteiger charge is -2.43. The molecule has 2 aliphatic rings. The molecule has 1 unspecified atom stereocenters. The second-order valence-corrected chi connectivity index (χ2v) is 10.1. The van der Waals surface area contributed by atoms with E-state index in [2.05, 4.69) is 27.5 Å². The topological polar surface area (TPSA) is 141 Å². The van der Waals surface area contributed by atoms with Gasteiger partial charge in [0.15, 0.2) is 0 Å². The monoisotopic (exact) mass is 468 g/mol. The van der Waals surface area contributed by atoms with Crippen molar-refractivity contribution >= 4 is 15.6 Å². The Morgan fingerprint density at radius 2 is 1.88 bits per heavy atom. The van der Waals surface area contributed by atoms with Crippen molar-refractivity contribution in [1.29, 1.82) is 0 Å². The number of hydrogen-bond acceptors (Lipinski definition) is 6. The van der Waals surface area contributed by atoms with Gasteiger partial charge in [-0.15, -0.1) is 10.2 Å². The van der Waals surface area contributed by atoms with Gasteiger partial charge in [0, 0.05) is 11.0 Å². The third kappa shape index (κ3) is 3.76. The number of aromatic nitrogens is 4. The number of alkyl halides is 3. The van der Waals surface area contributed by atoms with Crippen molar-refractivity contribution in [3.8, 4) is 11.4 Å². The number of H-pyrrole nitrogens is 1. The third-order valence-corrected chi connectivity index (χ3v) is 7.63. The Labute approximate surface area is 183 Å². The van der Waals surface area contributed by atoms with Crippen LogP contribution in [0.4, 0.5) is 13.2 Å². The van der Waals surface area contributed by atoms with Gasteiger partial charge in [0.25, 0.3) is 0 Å². The molecule has 32 heavy (non-hydrogen) atoms. The maximum absolute atomic E-state index is 13.7. The molecule has 1 atom stereocenters. The fraction of sp³-hybridized carbons (Fsp3) is 0.450. The van der Waals surface area contributed by atoms with E-state index in [1.807, 2.05) is 12.2 Å². The van der Waals surface area contributed by atoms with E-state index in [-0.39, 0.29) is 27.9 Å².